The first-order valence-corrected chi connectivity index (χ1v) is 6.69. The van der Waals surface area contributed by atoms with E-state index in [1.807, 2.05) is 18.2 Å². The topological polar surface area (TPSA) is 65.9 Å². The molecule has 4 heteroatoms. The number of anilines is 1. The van der Waals surface area contributed by atoms with E-state index in [9.17, 15) is 0 Å². The number of aromatic nitrogens is 1. The zero-order valence-corrected chi connectivity index (χ0v) is 11.2. The van der Waals surface area contributed by atoms with E-state index in [1.165, 1.54) is 11.1 Å². The Bertz CT molecular complexity index is 672. The van der Waals surface area contributed by atoms with Crippen molar-refractivity contribution in [1.29, 1.82) is 5.26 Å². The molecule has 1 aliphatic heterocycles. The van der Waals surface area contributed by atoms with Gasteiger partial charge in [0.25, 0.3) is 0 Å². The highest BCUT2D eigenvalue weighted by Gasteiger charge is 2.16. The average molecular weight is 264 g/mol. The maximum absolute atomic E-state index is 8.89. The van der Waals surface area contributed by atoms with Gasteiger partial charge in [-0.25, -0.2) is 4.98 Å². The summed E-state index contributed by atoms with van der Waals surface area (Å²) in [4.78, 5) is 6.38. The Kier molecular flexibility index (Phi) is 3.36. The third kappa shape index (κ3) is 2.63. The molecule has 0 saturated heterocycles. The molecular weight excluding hydrogens is 248 g/mol. The number of pyridine rings is 1. The largest absolute Gasteiger partial charge is 0.399 e. The van der Waals surface area contributed by atoms with Gasteiger partial charge in [0.2, 0.25) is 0 Å². The number of nitrogens with two attached hydrogens (primary N) is 1. The Morgan fingerprint density at radius 2 is 2.15 bits per heavy atom. The van der Waals surface area contributed by atoms with Crippen LogP contribution in [0.25, 0.3) is 0 Å². The predicted octanol–water partition coefficient (Wildman–Crippen LogP) is 2.09. The zero-order chi connectivity index (χ0) is 13.9. The highest BCUT2D eigenvalue weighted by atomic mass is 15.1. The number of fused-ring (bicyclic) bond motifs is 1. The standard InChI is InChI=1S/C16H16N4/c17-9-16-7-12(3-5-19-16)10-20-6-4-13-1-2-15(18)8-14(13)11-20/h1-3,5,7-8H,4,6,10-11,18H2. The SMILES string of the molecule is N#Cc1cc(CN2CCc3ccc(N)cc3C2)ccn1. The second kappa shape index (κ2) is 5.32. The number of rotatable bonds is 2. The van der Waals surface area contributed by atoms with Gasteiger partial charge in [0, 0.05) is 31.5 Å². The fraction of sp³-hybridized carbons (Fsp3) is 0.250. The lowest BCUT2D eigenvalue weighted by molar-refractivity contribution is 0.245. The van der Waals surface area contributed by atoms with Crippen molar-refractivity contribution in [1.82, 2.24) is 9.88 Å². The number of hydrogen-bond donors (Lipinski definition) is 1. The summed E-state index contributed by atoms with van der Waals surface area (Å²) in [6.45, 7) is 2.77. The van der Waals surface area contributed by atoms with Crippen LogP contribution in [0.4, 0.5) is 5.69 Å². The highest BCUT2D eigenvalue weighted by Crippen LogP contribution is 2.22. The molecule has 0 aliphatic carbocycles. The molecule has 1 aliphatic rings. The molecule has 0 bridgehead atoms. The van der Waals surface area contributed by atoms with Gasteiger partial charge < -0.3 is 5.73 Å². The molecule has 1 aromatic heterocycles. The van der Waals surface area contributed by atoms with Gasteiger partial charge in [0.15, 0.2) is 0 Å². The minimum absolute atomic E-state index is 0.476. The normalized spacial score (nSPS) is 14.6. The molecule has 1 aromatic carbocycles. The van der Waals surface area contributed by atoms with Crippen LogP contribution >= 0.6 is 0 Å². The number of hydrogen-bond acceptors (Lipinski definition) is 4. The summed E-state index contributed by atoms with van der Waals surface area (Å²) in [5.74, 6) is 0. The van der Waals surface area contributed by atoms with Crippen LogP contribution in [0.3, 0.4) is 0 Å². The second-order valence-electron chi connectivity index (χ2n) is 5.15. The van der Waals surface area contributed by atoms with Crippen LogP contribution in [0.2, 0.25) is 0 Å². The third-order valence-corrected chi connectivity index (χ3v) is 3.67. The van der Waals surface area contributed by atoms with Gasteiger partial charge in [-0.15, -0.1) is 0 Å². The molecule has 0 saturated carbocycles. The first-order chi connectivity index (χ1) is 9.74. The monoisotopic (exact) mass is 264 g/mol. The van der Waals surface area contributed by atoms with Crippen molar-refractivity contribution in [2.24, 2.45) is 0 Å². The van der Waals surface area contributed by atoms with Crippen LogP contribution in [0.15, 0.2) is 36.5 Å². The maximum atomic E-state index is 8.89. The molecule has 0 unspecified atom stereocenters. The molecule has 0 amide bonds. The lowest BCUT2D eigenvalue weighted by atomic mass is 9.99. The van der Waals surface area contributed by atoms with Crippen LogP contribution in [0, 0.1) is 11.3 Å². The molecule has 2 N–H and O–H groups in total. The summed E-state index contributed by atoms with van der Waals surface area (Å²) in [6.07, 6.45) is 2.75. The Labute approximate surface area is 118 Å². The van der Waals surface area contributed by atoms with E-state index >= 15 is 0 Å². The molecule has 2 heterocycles. The summed E-state index contributed by atoms with van der Waals surface area (Å²) in [5, 5.41) is 8.89. The Morgan fingerprint density at radius 3 is 3.00 bits per heavy atom. The number of nitriles is 1. The van der Waals surface area contributed by atoms with Gasteiger partial charge in [-0.1, -0.05) is 6.07 Å². The van der Waals surface area contributed by atoms with E-state index in [2.05, 4.69) is 28.1 Å². The molecule has 100 valence electrons. The number of benzene rings is 1. The summed E-state index contributed by atoms with van der Waals surface area (Å²) < 4.78 is 0. The van der Waals surface area contributed by atoms with Crippen molar-refractivity contribution < 1.29 is 0 Å². The number of nitrogen functional groups attached to an aromatic ring is 1. The lowest BCUT2D eigenvalue weighted by Gasteiger charge is -2.29. The Hall–Kier alpha value is -2.38. The fourth-order valence-corrected chi connectivity index (χ4v) is 2.66. The van der Waals surface area contributed by atoms with E-state index in [0.29, 0.717) is 5.69 Å². The van der Waals surface area contributed by atoms with Crippen LogP contribution in [0.1, 0.15) is 22.4 Å². The first-order valence-electron chi connectivity index (χ1n) is 6.69. The van der Waals surface area contributed by atoms with Gasteiger partial charge >= 0.3 is 0 Å². The molecule has 0 atom stereocenters. The minimum atomic E-state index is 0.476. The third-order valence-electron chi connectivity index (χ3n) is 3.67. The average Bonchev–Trinajstić information content (AvgIpc) is 2.47. The van der Waals surface area contributed by atoms with Crippen molar-refractivity contribution in [3.05, 3.63) is 58.9 Å². The van der Waals surface area contributed by atoms with Gasteiger partial charge in [-0.3, -0.25) is 4.90 Å². The van der Waals surface area contributed by atoms with Crippen molar-refractivity contribution in [3.8, 4) is 6.07 Å². The van der Waals surface area contributed by atoms with Crippen molar-refractivity contribution in [3.63, 3.8) is 0 Å². The second-order valence-corrected chi connectivity index (χ2v) is 5.15. The Morgan fingerprint density at radius 1 is 1.25 bits per heavy atom. The van der Waals surface area contributed by atoms with Gasteiger partial charge in [-0.05, 0) is 47.4 Å². The highest BCUT2D eigenvalue weighted by molar-refractivity contribution is 5.45. The molecular formula is C16H16N4. The van der Waals surface area contributed by atoms with Gasteiger partial charge in [0.05, 0.1) is 0 Å². The van der Waals surface area contributed by atoms with Crippen molar-refractivity contribution >= 4 is 5.69 Å². The van der Waals surface area contributed by atoms with Crippen molar-refractivity contribution in [2.45, 2.75) is 19.5 Å². The zero-order valence-electron chi connectivity index (χ0n) is 11.2. The lowest BCUT2D eigenvalue weighted by Crippen LogP contribution is -2.30. The van der Waals surface area contributed by atoms with E-state index in [1.54, 1.807) is 6.20 Å². The molecule has 2 aromatic rings. The first kappa shape index (κ1) is 12.6. The molecule has 0 spiro atoms. The summed E-state index contributed by atoms with van der Waals surface area (Å²) >= 11 is 0. The van der Waals surface area contributed by atoms with Crippen molar-refractivity contribution in [2.75, 3.05) is 12.3 Å². The smallest absolute Gasteiger partial charge is 0.140 e. The van der Waals surface area contributed by atoms with Crippen LogP contribution < -0.4 is 5.73 Å². The summed E-state index contributed by atoms with van der Waals surface area (Å²) in [5.41, 5.74) is 11.0. The quantitative estimate of drug-likeness (QED) is 0.843. The Balaban J connectivity index is 1.75. The van der Waals surface area contributed by atoms with Crippen LogP contribution in [-0.2, 0) is 19.5 Å². The molecule has 4 nitrogen and oxygen atoms in total. The summed E-state index contributed by atoms with van der Waals surface area (Å²) in [7, 11) is 0. The van der Waals surface area contributed by atoms with E-state index < -0.39 is 0 Å². The van der Waals surface area contributed by atoms with Gasteiger partial charge in [-0.2, -0.15) is 5.26 Å². The van der Waals surface area contributed by atoms with E-state index in [4.69, 9.17) is 11.0 Å². The molecule has 3 rings (SSSR count). The van der Waals surface area contributed by atoms with Gasteiger partial charge in [0.1, 0.15) is 11.8 Å². The van der Waals surface area contributed by atoms with Crippen LogP contribution in [-0.4, -0.2) is 16.4 Å². The van der Waals surface area contributed by atoms with E-state index in [0.717, 1.165) is 37.3 Å². The maximum Gasteiger partial charge on any atom is 0.140 e. The van der Waals surface area contributed by atoms with Crippen LogP contribution in [0.5, 0.6) is 0 Å². The molecule has 20 heavy (non-hydrogen) atoms. The predicted molar refractivity (Wildman–Crippen MR) is 77.6 cm³/mol. The van der Waals surface area contributed by atoms with E-state index in [-0.39, 0.29) is 0 Å². The fourth-order valence-electron chi connectivity index (χ4n) is 2.66. The summed E-state index contributed by atoms with van der Waals surface area (Å²) in [6, 6.07) is 12.1. The minimum Gasteiger partial charge on any atom is -0.399 e. The number of nitrogens with zero attached hydrogens (tertiary/aromatic N) is 3. The molecule has 0 radical (unpaired) electrons. The molecule has 0 fully saturated rings.